The zero-order chi connectivity index (χ0) is 12.3. The standard InChI is InChI=1S/C9H14N2O4S/c1-3-16(14,15)5-4-11-7(2)8(6-10-11)9(12)13/h6H,3-5H2,1-2H3,(H,12,13). The molecule has 0 aliphatic carbocycles. The summed E-state index contributed by atoms with van der Waals surface area (Å²) >= 11 is 0. The number of hydrogen-bond donors (Lipinski definition) is 1. The number of sulfone groups is 1. The van der Waals surface area contributed by atoms with Crippen LogP contribution in [-0.4, -0.2) is 40.8 Å². The van der Waals surface area contributed by atoms with Crippen LogP contribution in [-0.2, 0) is 16.4 Å². The molecule has 0 saturated carbocycles. The van der Waals surface area contributed by atoms with E-state index in [4.69, 9.17) is 5.11 Å². The highest BCUT2D eigenvalue weighted by atomic mass is 32.2. The monoisotopic (exact) mass is 246 g/mol. The summed E-state index contributed by atoms with van der Waals surface area (Å²) < 4.78 is 23.9. The van der Waals surface area contributed by atoms with Gasteiger partial charge in [0.25, 0.3) is 0 Å². The molecule has 0 aromatic carbocycles. The Labute approximate surface area is 93.8 Å². The van der Waals surface area contributed by atoms with Crippen molar-refractivity contribution >= 4 is 15.8 Å². The molecule has 1 N–H and O–H groups in total. The van der Waals surface area contributed by atoms with Crippen LogP contribution in [0.4, 0.5) is 0 Å². The third-order valence-electron chi connectivity index (χ3n) is 2.39. The Hall–Kier alpha value is -1.37. The predicted octanol–water partition coefficient (Wildman–Crippen LogP) is 0.324. The van der Waals surface area contributed by atoms with E-state index in [9.17, 15) is 13.2 Å². The Balaban J connectivity index is 2.80. The van der Waals surface area contributed by atoms with Gasteiger partial charge in [0.2, 0.25) is 0 Å². The molecule has 0 bridgehead atoms. The van der Waals surface area contributed by atoms with Gasteiger partial charge in [0, 0.05) is 11.4 Å². The number of aryl methyl sites for hydroxylation is 1. The Morgan fingerprint density at radius 3 is 2.62 bits per heavy atom. The van der Waals surface area contributed by atoms with Crippen molar-refractivity contribution in [3.05, 3.63) is 17.5 Å². The van der Waals surface area contributed by atoms with Crippen molar-refractivity contribution < 1.29 is 18.3 Å². The van der Waals surface area contributed by atoms with Crippen molar-refractivity contribution in [1.82, 2.24) is 9.78 Å². The minimum Gasteiger partial charge on any atom is -0.478 e. The quantitative estimate of drug-likeness (QED) is 0.808. The van der Waals surface area contributed by atoms with E-state index < -0.39 is 15.8 Å². The summed E-state index contributed by atoms with van der Waals surface area (Å²) in [5.41, 5.74) is 0.577. The van der Waals surface area contributed by atoms with E-state index in [0.717, 1.165) is 0 Å². The minimum atomic E-state index is -3.05. The fraction of sp³-hybridized carbons (Fsp3) is 0.556. The first-order valence-corrected chi connectivity index (χ1v) is 6.65. The van der Waals surface area contributed by atoms with Crippen LogP contribution in [0.25, 0.3) is 0 Å². The van der Waals surface area contributed by atoms with Gasteiger partial charge >= 0.3 is 5.97 Å². The smallest absolute Gasteiger partial charge is 0.339 e. The molecule has 1 rings (SSSR count). The topological polar surface area (TPSA) is 89.3 Å². The lowest BCUT2D eigenvalue weighted by Gasteiger charge is -2.04. The van der Waals surface area contributed by atoms with Crippen molar-refractivity contribution in [2.24, 2.45) is 0 Å². The highest BCUT2D eigenvalue weighted by Crippen LogP contribution is 2.07. The summed E-state index contributed by atoms with van der Waals surface area (Å²) in [6.45, 7) is 3.37. The molecule has 0 spiro atoms. The molecule has 0 aliphatic heterocycles. The molecule has 0 fully saturated rings. The molecule has 6 nitrogen and oxygen atoms in total. The van der Waals surface area contributed by atoms with Crippen LogP contribution < -0.4 is 0 Å². The lowest BCUT2D eigenvalue weighted by molar-refractivity contribution is 0.0696. The van der Waals surface area contributed by atoms with E-state index in [2.05, 4.69) is 5.10 Å². The van der Waals surface area contributed by atoms with Gasteiger partial charge in [0.1, 0.15) is 5.56 Å². The molecule has 0 aliphatic rings. The maximum absolute atomic E-state index is 11.3. The average Bonchev–Trinajstić information content (AvgIpc) is 2.57. The number of carboxylic acid groups (broad SMARTS) is 1. The molecule has 7 heteroatoms. The molecule has 1 aromatic rings. The van der Waals surface area contributed by atoms with Crippen LogP contribution in [0, 0.1) is 6.92 Å². The van der Waals surface area contributed by atoms with Crippen molar-refractivity contribution in [3.8, 4) is 0 Å². The lowest BCUT2D eigenvalue weighted by atomic mass is 10.3. The van der Waals surface area contributed by atoms with E-state index >= 15 is 0 Å². The highest BCUT2D eigenvalue weighted by molar-refractivity contribution is 7.91. The van der Waals surface area contributed by atoms with E-state index in [1.807, 2.05) is 0 Å². The number of carboxylic acids is 1. The van der Waals surface area contributed by atoms with Gasteiger partial charge in [-0.15, -0.1) is 0 Å². The molecule has 0 saturated heterocycles. The SMILES string of the molecule is CCS(=O)(=O)CCn1ncc(C(=O)O)c1C. The Kier molecular flexibility index (Phi) is 3.69. The molecule has 1 heterocycles. The van der Waals surface area contributed by atoms with Crippen LogP contribution in [0.15, 0.2) is 6.20 Å². The van der Waals surface area contributed by atoms with E-state index in [0.29, 0.717) is 5.69 Å². The Morgan fingerprint density at radius 2 is 2.19 bits per heavy atom. The molecule has 0 atom stereocenters. The Morgan fingerprint density at radius 1 is 1.56 bits per heavy atom. The second kappa shape index (κ2) is 4.65. The van der Waals surface area contributed by atoms with E-state index in [1.165, 1.54) is 10.9 Å². The third kappa shape index (κ3) is 2.82. The van der Waals surface area contributed by atoms with Crippen molar-refractivity contribution in [2.45, 2.75) is 20.4 Å². The van der Waals surface area contributed by atoms with Gasteiger partial charge < -0.3 is 5.11 Å². The number of hydrogen-bond acceptors (Lipinski definition) is 4. The van der Waals surface area contributed by atoms with Gasteiger partial charge in [-0.05, 0) is 6.92 Å². The van der Waals surface area contributed by atoms with Gasteiger partial charge in [-0.3, -0.25) is 4.68 Å². The van der Waals surface area contributed by atoms with Crippen molar-refractivity contribution in [1.29, 1.82) is 0 Å². The first-order chi connectivity index (χ1) is 7.37. The van der Waals surface area contributed by atoms with E-state index in [1.54, 1.807) is 13.8 Å². The zero-order valence-corrected chi connectivity index (χ0v) is 9.99. The number of rotatable bonds is 5. The van der Waals surface area contributed by atoms with Crippen LogP contribution in [0.1, 0.15) is 23.0 Å². The van der Waals surface area contributed by atoms with Gasteiger partial charge in [-0.2, -0.15) is 5.10 Å². The molecular formula is C9H14N2O4S. The number of aromatic carboxylic acids is 1. The molecule has 0 unspecified atom stereocenters. The first-order valence-electron chi connectivity index (χ1n) is 4.83. The first kappa shape index (κ1) is 12.7. The summed E-state index contributed by atoms with van der Waals surface area (Å²) in [4.78, 5) is 10.7. The Bertz CT molecular complexity index is 490. The number of nitrogens with zero attached hydrogens (tertiary/aromatic N) is 2. The summed E-state index contributed by atoms with van der Waals surface area (Å²) in [7, 11) is -3.05. The molecule has 1 aromatic heterocycles. The normalized spacial score (nSPS) is 11.6. The van der Waals surface area contributed by atoms with Gasteiger partial charge in [0.15, 0.2) is 9.84 Å². The summed E-state index contributed by atoms with van der Waals surface area (Å²) in [6, 6.07) is 0. The van der Waals surface area contributed by atoms with Crippen molar-refractivity contribution in [3.63, 3.8) is 0 Å². The largest absolute Gasteiger partial charge is 0.478 e. The molecule has 90 valence electrons. The maximum Gasteiger partial charge on any atom is 0.339 e. The minimum absolute atomic E-state index is 0.0227. The van der Waals surface area contributed by atoms with Crippen LogP contribution in [0.2, 0.25) is 0 Å². The lowest BCUT2D eigenvalue weighted by Crippen LogP contribution is -2.16. The van der Waals surface area contributed by atoms with Crippen LogP contribution in [0.3, 0.4) is 0 Å². The summed E-state index contributed by atoms with van der Waals surface area (Å²) in [5, 5.41) is 12.6. The average molecular weight is 246 g/mol. The van der Waals surface area contributed by atoms with Gasteiger partial charge in [0.05, 0.1) is 18.5 Å². The fourth-order valence-electron chi connectivity index (χ4n) is 1.25. The number of aromatic nitrogens is 2. The van der Waals surface area contributed by atoms with E-state index in [-0.39, 0.29) is 23.6 Å². The second-order valence-electron chi connectivity index (χ2n) is 3.41. The summed E-state index contributed by atoms with van der Waals surface area (Å²) in [6.07, 6.45) is 1.23. The van der Waals surface area contributed by atoms with Gasteiger partial charge in [-0.1, -0.05) is 6.92 Å². The van der Waals surface area contributed by atoms with Gasteiger partial charge in [-0.25, -0.2) is 13.2 Å². The molecule has 0 radical (unpaired) electrons. The molecule has 16 heavy (non-hydrogen) atoms. The van der Waals surface area contributed by atoms with Crippen LogP contribution in [0.5, 0.6) is 0 Å². The number of carbonyl (C=O) groups is 1. The predicted molar refractivity (Wildman–Crippen MR) is 58.3 cm³/mol. The second-order valence-corrected chi connectivity index (χ2v) is 5.88. The summed E-state index contributed by atoms with van der Waals surface area (Å²) in [5.74, 6) is -0.994. The highest BCUT2D eigenvalue weighted by Gasteiger charge is 2.14. The fourth-order valence-corrected chi connectivity index (χ4v) is 1.99. The van der Waals surface area contributed by atoms with Crippen LogP contribution >= 0.6 is 0 Å². The zero-order valence-electron chi connectivity index (χ0n) is 9.17. The molecular weight excluding hydrogens is 232 g/mol. The molecule has 0 amide bonds. The third-order valence-corrected chi connectivity index (χ3v) is 4.07. The maximum atomic E-state index is 11.3. The van der Waals surface area contributed by atoms with Crippen molar-refractivity contribution in [2.75, 3.05) is 11.5 Å².